The maximum Gasteiger partial charge on any atom is 0.169 e. The predicted molar refractivity (Wildman–Crippen MR) is 126 cm³/mol. The van der Waals surface area contributed by atoms with Crippen LogP contribution in [0.1, 0.15) is 0 Å². The minimum atomic E-state index is 0.0657. The molecule has 0 aliphatic carbocycles. The second-order valence-corrected chi connectivity index (χ2v) is 9.07. The van der Waals surface area contributed by atoms with Crippen LogP contribution in [0.2, 0.25) is 0 Å². The summed E-state index contributed by atoms with van der Waals surface area (Å²) < 4.78 is 57.3. The van der Waals surface area contributed by atoms with Gasteiger partial charge in [-0.25, -0.2) is 0 Å². The van der Waals surface area contributed by atoms with Gasteiger partial charge in [0.05, 0.1) is 40.6 Å². The molecule has 4 aliphatic heterocycles. The number of hydrogen-bond acceptors (Lipinski definition) is 10. The topological polar surface area (TPSA) is 106 Å². The molecule has 36 heavy (non-hydrogen) atoms. The van der Waals surface area contributed by atoms with E-state index in [9.17, 15) is 0 Å². The van der Waals surface area contributed by atoms with Gasteiger partial charge >= 0.3 is 0 Å². The van der Waals surface area contributed by atoms with E-state index in [4.69, 9.17) is 47.4 Å². The van der Waals surface area contributed by atoms with Crippen LogP contribution in [0.4, 0.5) is 0 Å². The molecule has 0 amide bonds. The highest BCUT2D eigenvalue weighted by atomic mass is 16.6. The fourth-order valence-corrected chi connectivity index (χ4v) is 3.71. The Morgan fingerprint density at radius 2 is 0.889 bits per heavy atom. The molecule has 0 radical (unpaired) electrons. The molecule has 0 aromatic heterocycles. The summed E-state index contributed by atoms with van der Waals surface area (Å²) in [5.41, 5.74) is 1.44. The largest absolute Gasteiger partial charge is 0.493 e. The number of ether oxygens (including phenoxy) is 10. The second-order valence-electron chi connectivity index (χ2n) is 9.07. The van der Waals surface area contributed by atoms with Crippen molar-refractivity contribution >= 4 is 0 Å². The fourth-order valence-electron chi connectivity index (χ4n) is 3.71. The summed E-state index contributed by atoms with van der Waals surface area (Å²) in [7, 11) is 3.20. The molecule has 4 unspecified atom stereocenters. The van der Waals surface area contributed by atoms with Gasteiger partial charge in [0.15, 0.2) is 23.0 Å². The molecular weight excluding hydrogens is 472 g/mol. The van der Waals surface area contributed by atoms with Crippen LogP contribution in [-0.2, 0) is 18.9 Å². The van der Waals surface area contributed by atoms with E-state index in [0.29, 0.717) is 87.4 Å². The first-order valence-corrected chi connectivity index (χ1v) is 12.1. The fraction of sp³-hybridized carbons (Fsp3) is 0.538. The Kier molecular flexibility index (Phi) is 6.66. The van der Waals surface area contributed by atoms with Gasteiger partial charge in [-0.05, 0) is 12.1 Å². The van der Waals surface area contributed by atoms with E-state index < -0.39 is 0 Å². The summed E-state index contributed by atoms with van der Waals surface area (Å²) in [6, 6.07) is 7.46. The van der Waals surface area contributed by atoms with E-state index in [1.807, 2.05) is 24.3 Å². The van der Waals surface area contributed by atoms with E-state index in [1.165, 1.54) is 0 Å². The van der Waals surface area contributed by atoms with Crippen LogP contribution in [0.15, 0.2) is 24.3 Å². The Morgan fingerprint density at radius 1 is 0.556 bits per heavy atom. The normalized spacial score (nSPS) is 25.1. The molecule has 4 aliphatic rings. The van der Waals surface area contributed by atoms with Crippen LogP contribution in [-0.4, -0.2) is 91.5 Å². The smallest absolute Gasteiger partial charge is 0.169 e. The third kappa shape index (κ3) is 5.89. The minimum Gasteiger partial charge on any atom is -0.493 e. The zero-order valence-corrected chi connectivity index (χ0v) is 20.4. The van der Waals surface area contributed by atoms with Crippen LogP contribution >= 0.6 is 0 Å². The number of hydrogen-bond donors (Lipinski definition) is 0. The van der Waals surface area contributed by atoms with Gasteiger partial charge in [0, 0.05) is 23.3 Å². The van der Waals surface area contributed by atoms with Crippen LogP contribution in [0.5, 0.6) is 34.5 Å². The van der Waals surface area contributed by atoms with E-state index in [2.05, 4.69) is 0 Å². The summed E-state index contributed by atoms with van der Waals surface area (Å²) >= 11 is 0. The molecule has 4 atom stereocenters. The van der Waals surface area contributed by atoms with Gasteiger partial charge in [-0.15, -0.1) is 0 Å². The van der Waals surface area contributed by atoms with E-state index in [0.717, 1.165) is 11.1 Å². The van der Waals surface area contributed by atoms with Crippen molar-refractivity contribution in [3.63, 3.8) is 0 Å². The molecule has 194 valence electrons. The van der Waals surface area contributed by atoms with Gasteiger partial charge < -0.3 is 47.4 Å². The average molecular weight is 503 g/mol. The molecule has 2 aromatic carbocycles. The molecule has 0 bridgehead atoms. The van der Waals surface area contributed by atoms with Gasteiger partial charge in [-0.1, -0.05) is 0 Å². The lowest BCUT2D eigenvalue weighted by molar-refractivity contribution is 0.245. The molecule has 0 spiro atoms. The summed E-state index contributed by atoms with van der Waals surface area (Å²) in [5, 5.41) is 0. The first kappa shape index (κ1) is 23.5. The van der Waals surface area contributed by atoms with Crippen molar-refractivity contribution < 1.29 is 47.4 Å². The van der Waals surface area contributed by atoms with Crippen molar-refractivity contribution in [2.24, 2.45) is 0 Å². The molecule has 4 saturated heterocycles. The lowest BCUT2D eigenvalue weighted by atomic mass is 10.0. The van der Waals surface area contributed by atoms with Crippen molar-refractivity contribution in [1.29, 1.82) is 0 Å². The van der Waals surface area contributed by atoms with Crippen molar-refractivity contribution in [2.45, 2.75) is 24.4 Å². The number of benzene rings is 2. The standard InChI is InChI=1S/C26H30O10/c1-27-23-5-15(29-7-17-9-31-17)3-21(25(23)35-13-19-11-33-19)22-4-16(30-8-18-10-32-18)6-24(28-2)26(22)36-14-20-12-34-20/h3-6,17-20H,7-14H2,1-2H3. The lowest BCUT2D eigenvalue weighted by Crippen LogP contribution is -2.10. The molecule has 4 fully saturated rings. The zero-order valence-electron chi connectivity index (χ0n) is 20.4. The minimum absolute atomic E-state index is 0.0657. The van der Waals surface area contributed by atoms with Gasteiger partial charge in [-0.3, -0.25) is 0 Å². The van der Waals surface area contributed by atoms with Gasteiger partial charge in [0.1, 0.15) is 62.3 Å². The molecule has 0 saturated carbocycles. The second kappa shape index (κ2) is 10.2. The summed E-state index contributed by atoms with van der Waals surface area (Å²) in [6.07, 6.45) is 0.356. The maximum absolute atomic E-state index is 6.23. The molecule has 10 heteroatoms. The van der Waals surface area contributed by atoms with Crippen LogP contribution in [0.25, 0.3) is 11.1 Å². The van der Waals surface area contributed by atoms with E-state index in [-0.39, 0.29) is 24.4 Å². The molecule has 2 aromatic rings. The number of epoxide rings is 4. The van der Waals surface area contributed by atoms with E-state index >= 15 is 0 Å². The highest BCUT2D eigenvalue weighted by Gasteiger charge is 2.30. The van der Waals surface area contributed by atoms with E-state index in [1.54, 1.807) is 14.2 Å². The number of methoxy groups -OCH3 is 2. The molecular formula is C26H30O10. The van der Waals surface area contributed by atoms with Crippen molar-refractivity contribution in [1.82, 2.24) is 0 Å². The predicted octanol–water partition coefficient (Wildman–Crippen LogP) is 2.48. The quantitative estimate of drug-likeness (QED) is 0.337. The monoisotopic (exact) mass is 502 g/mol. The Hall–Kier alpha value is -2.92. The zero-order chi connectivity index (χ0) is 24.5. The SMILES string of the molecule is COc1cc(OCC2CO2)cc(-c2cc(OCC3CO3)cc(OC)c2OCC2CO2)c1OCC1CO1. The lowest BCUT2D eigenvalue weighted by Gasteiger charge is -2.21. The number of rotatable bonds is 15. The van der Waals surface area contributed by atoms with Gasteiger partial charge in [0.2, 0.25) is 0 Å². The first-order valence-electron chi connectivity index (χ1n) is 12.1. The average Bonchev–Trinajstić information content (AvgIpc) is 3.72. The van der Waals surface area contributed by atoms with Crippen molar-refractivity contribution in [3.8, 4) is 45.6 Å². The first-order chi connectivity index (χ1) is 17.7. The summed E-state index contributed by atoms with van der Waals surface area (Å²) in [4.78, 5) is 0. The Bertz CT molecular complexity index is 987. The Balaban J connectivity index is 1.42. The molecule has 6 rings (SSSR count). The van der Waals surface area contributed by atoms with Crippen LogP contribution in [0, 0.1) is 0 Å². The third-order valence-corrected chi connectivity index (χ3v) is 6.10. The summed E-state index contributed by atoms with van der Waals surface area (Å²) in [6.45, 7) is 4.47. The highest BCUT2D eigenvalue weighted by molar-refractivity contribution is 5.83. The molecule has 0 N–H and O–H groups in total. The van der Waals surface area contributed by atoms with Gasteiger partial charge in [0.25, 0.3) is 0 Å². The van der Waals surface area contributed by atoms with Crippen molar-refractivity contribution in [2.75, 3.05) is 67.1 Å². The van der Waals surface area contributed by atoms with Crippen molar-refractivity contribution in [3.05, 3.63) is 24.3 Å². The Labute approximate surface area is 209 Å². The van der Waals surface area contributed by atoms with Crippen LogP contribution < -0.4 is 28.4 Å². The molecule has 10 nitrogen and oxygen atoms in total. The van der Waals surface area contributed by atoms with Crippen LogP contribution in [0.3, 0.4) is 0 Å². The third-order valence-electron chi connectivity index (χ3n) is 6.10. The maximum atomic E-state index is 6.23. The Morgan fingerprint density at radius 3 is 1.19 bits per heavy atom. The van der Waals surface area contributed by atoms with Gasteiger partial charge in [-0.2, -0.15) is 0 Å². The molecule has 4 heterocycles. The highest BCUT2D eigenvalue weighted by Crippen LogP contribution is 2.49. The summed E-state index contributed by atoms with van der Waals surface area (Å²) in [5.74, 6) is 3.43.